The van der Waals surface area contributed by atoms with Crippen LogP contribution >= 0.6 is 11.6 Å². The van der Waals surface area contributed by atoms with Gasteiger partial charge in [-0.05, 0) is 49.7 Å². The van der Waals surface area contributed by atoms with Crippen LogP contribution < -0.4 is 9.47 Å². The number of benzene rings is 1. The Labute approximate surface area is 179 Å². The van der Waals surface area contributed by atoms with Crippen LogP contribution in [0.4, 0.5) is 0 Å². The minimum atomic E-state index is -3.27. The number of ether oxygens (including phenoxy) is 2. The molecule has 3 heterocycles. The molecule has 2 saturated heterocycles. The molecule has 0 bridgehead atoms. The predicted molar refractivity (Wildman–Crippen MR) is 115 cm³/mol. The SMILES string of the molecule is COc1ccc2c(c1OC)CCN1C[C@H]3CCCN(S(=O)(=O)CCCCl)[C@H]3C[C@@H]21. The molecule has 6 nitrogen and oxygen atoms in total. The Hall–Kier alpha value is -1.02. The molecule has 0 aromatic heterocycles. The van der Waals surface area contributed by atoms with Crippen LogP contribution in [0.1, 0.15) is 42.9 Å². The van der Waals surface area contributed by atoms with Crippen molar-refractivity contribution in [3.8, 4) is 11.5 Å². The fraction of sp³-hybridized carbons (Fsp3) is 0.714. The summed E-state index contributed by atoms with van der Waals surface area (Å²) in [7, 11) is 0.0822. The molecule has 2 fully saturated rings. The van der Waals surface area contributed by atoms with E-state index in [1.807, 2.05) is 6.07 Å². The molecule has 1 aromatic carbocycles. The van der Waals surface area contributed by atoms with Gasteiger partial charge in [0.25, 0.3) is 0 Å². The Morgan fingerprint density at radius 3 is 2.76 bits per heavy atom. The van der Waals surface area contributed by atoms with Crippen LogP contribution in [0.3, 0.4) is 0 Å². The summed E-state index contributed by atoms with van der Waals surface area (Å²) in [6.07, 6.45) is 4.33. The van der Waals surface area contributed by atoms with Crippen LogP contribution in [0.25, 0.3) is 0 Å². The van der Waals surface area contributed by atoms with E-state index in [4.69, 9.17) is 21.1 Å². The van der Waals surface area contributed by atoms with Gasteiger partial charge in [0.1, 0.15) is 0 Å². The lowest BCUT2D eigenvalue weighted by Crippen LogP contribution is -2.57. The van der Waals surface area contributed by atoms with Gasteiger partial charge in [-0.15, -0.1) is 11.6 Å². The van der Waals surface area contributed by atoms with Gasteiger partial charge in [-0.1, -0.05) is 6.07 Å². The van der Waals surface area contributed by atoms with Crippen molar-refractivity contribution in [2.75, 3.05) is 45.5 Å². The van der Waals surface area contributed by atoms with E-state index < -0.39 is 10.0 Å². The Balaban J connectivity index is 1.65. The van der Waals surface area contributed by atoms with E-state index in [0.717, 1.165) is 50.3 Å². The van der Waals surface area contributed by atoms with E-state index in [9.17, 15) is 8.42 Å². The average Bonchev–Trinajstić information content (AvgIpc) is 2.74. The molecule has 3 aliphatic rings. The summed E-state index contributed by atoms with van der Waals surface area (Å²) in [4.78, 5) is 2.55. The van der Waals surface area contributed by atoms with E-state index in [1.54, 1.807) is 18.5 Å². The van der Waals surface area contributed by atoms with Gasteiger partial charge in [0.2, 0.25) is 10.0 Å². The third-order valence-electron chi connectivity index (χ3n) is 6.83. The quantitative estimate of drug-likeness (QED) is 0.634. The zero-order chi connectivity index (χ0) is 20.6. The highest BCUT2D eigenvalue weighted by Crippen LogP contribution is 2.47. The molecule has 0 saturated carbocycles. The highest BCUT2D eigenvalue weighted by Gasteiger charge is 2.46. The predicted octanol–water partition coefficient (Wildman–Crippen LogP) is 3.05. The van der Waals surface area contributed by atoms with Crippen LogP contribution in [0.15, 0.2) is 12.1 Å². The molecule has 1 aromatic rings. The van der Waals surface area contributed by atoms with E-state index in [-0.39, 0.29) is 17.8 Å². The maximum absolute atomic E-state index is 13.0. The van der Waals surface area contributed by atoms with Crippen molar-refractivity contribution >= 4 is 21.6 Å². The minimum absolute atomic E-state index is 0.0735. The summed E-state index contributed by atoms with van der Waals surface area (Å²) in [6, 6.07) is 4.42. The topological polar surface area (TPSA) is 59.1 Å². The standard InChI is InChI=1S/C21H31ClN2O4S/c1-27-20-7-6-16-17(21(20)28-2)8-11-23-14-15-5-3-10-24(18(15)13-19(16)23)29(25,26)12-4-9-22/h6-7,15,18-19H,3-5,8-14H2,1-2H3/t15-,18+,19+/m1/s1. The molecule has 0 amide bonds. The van der Waals surface area contributed by atoms with E-state index >= 15 is 0 Å². The third kappa shape index (κ3) is 3.87. The minimum Gasteiger partial charge on any atom is -0.493 e. The number of methoxy groups -OCH3 is 2. The smallest absolute Gasteiger partial charge is 0.214 e. The van der Waals surface area contributed by atoms with Crippen LogP contribution in [0.2, 0.25) is 0 Å². The van der Waals surface area contributed by atoms with Crippen molar-refractivity contribution < 1.29 is 17.9 Å². The number of hydrogen-bond donors (Lipinski definition) is 0. The molecule has 3 aliphatic heterocycles. The molecule has 0 spiro atoms. The van der Waals surface area contributed by atoms with Crippen molar-refractivity contribution in [3.63, 3.8) is 0 Å². The summed E-state index contributed by atoms with van der Waals surface area (Å²) in [5.41, 5.74) is 2.47. The zero-order valence-electron chi connectivity index (χ0n) is 17.3. The summed E-state index contributed by atoms with van der Waals surface area (Å²) < 4.78 is 39.0. The van der Waals surface area contributed by atoms with Gasteiger partial charge in [-0.25, -0.2) is 8.42 Å². The molecule has 0 unspecified atom stereocenters. The first-order chi connectivity index (χ1) is 14.0. The first-order valence-electron chi connectivity index (χ1n) is 10.5. The highest BCUT2D eigenvalue weighted by molar-refractivity contribution is 7.89. The number of nitrogens with zero attached hydrogens (tertiary/aromatic N) is 2. The summed E-state index contributed by atoms with van der Waals surface area (Å²) in [6.45, 7) is 2.57. The fourth-order valence-electron chi connectivity index (χ4n) is 5.53. The van der Waals surface area contributed by atoms with Gasteiger partial charge >= 0.3 is 0 Å². The van der Waals surface area contributed by atoms with Crippen molar-refractivity contribution in [2.24, 2.45) is 5.92 Å². The number of fused-ring (bicyclic) bond motifs is 4. The lowest BCUT2D eigenvalue weighted by molar-refractivity contribution is 0.0216. The summed E-state index contributed by atoms with van der Waals surface area (Å²) in [5, 5.41) is 0. The number of alkyl halides is 1. The number of hydrogen-bond acceptors (Lipinski definition) is 5. The Morgan fingerprint density at radius 1 is 1.21 bits per heavy atom. The number of piperidine rings is 2. The van der Waals surface area contributed by atoms with Crippen LogP contribution in [-0.4, -0.2) is 69.2 Å². The van der Waals surface area contributed by atoms with Gasteiger partial charge < -0.3 is 9.47 Å². The second-order valence-electron chi connectivity index (χ2n) is 8.30. The molecule has 8 heteroatoms. The molecule has 0 N–H and O–H groups in total. The second kappa shape index (κ2) is 8.61. The molecular formula is C21H31ClN2O4S. The normalized spacial score (nSPS) is 27.6. The van der Waals surface area contributed by atoms with E-state index in [1.165, 1.54) is 11.1 Å². The zero-order valence-corrected chi connectivity index (χ0v) is 18.8. The fourth-order valence-corrected chi connectivity index (χ4v) is 7.65. The number of rotatable bonds is 6. The van der Waals surface area contributed by atoms with Gasteiger partial charge in [0.05, 0.1) is 20.0 Å². The van der Waals surface area contributed by atoms with Gasteiger partial charge in [0.15, 0.2) is 11.5 Å². The molecule has 0 radical (unpaired) electrons. The van der Waals surface area contributed by atoms with Gasteiger partial charge in [-0.2, -0.15) is 4.31 Å². The number of halogens is 1. The molecule has 3 atom stereocenters. The lowest BCUT2D eigenvalue weighted by Gasteiger charge is -2.51. The first kappa shape index (κ1) is 21.2. The monoisotopic (exact) mass is 442 g/mol. The molecule has 29 heavy (non-hydrogen) atoms. The second-order valence-corrected chi connectivity index (χ2v) is 10.7. The van der Waals surface area contributed by atoms with Crippen molar-refractivity contribution in [3.05, 3.63) is 23.3 Å². The Bertz CT molecular complexity index is 847. The van der Waals surface area contributed by atoms with Crippen molar-refractivity contribution in [2.45, 2.75) is 44.2 Å². The average molecular weight is 443 g/mol. The molecule has 4 rings (SSSR count). The molecular weight excluding hydrogens is 412 g/mol. The number of sulfonamides is 1. The van der Waals surface area contributed by atoms with Gasteiger partial charge in [0, 0.05) is 43.2 Å². The Kier molecular flexibility index (Phi) is 6.30. The molecule has 0 aliphatic carbocycles. The largest absolute Gasteiger partial charge is 0.493 e. The lowest BCUT2D eigenvalue weighted by atomic mass is 9.77. The van der Waals surface area contributed by atoms with E-state index in [0.29, 0.717) is 24.8 Å². The Morgan fingerprint density at radius 2 is 2.03 bits per heavy atom. The third-order valence-corrected chi connectivity index (χ3v) is 9.07. The molecule has 162 valence electrons. The van der Waals surface area contributed by atoms with E-state index in [2.05, 4.69) is 11.0 Å². The summed E-state index contributed by atoms with van der Waals surface area (Å²) >= 11 is 5.77. The maximum atomic E-state index is 13.0. The first-order valence-corrected chi connectivity index (χ1v) is 12.7. The van der Waals surface area contributed by atoms with Crippen molar-refractivity contribution in [1.29, 1.82) is 0 Å². The van der Waals surface area contributed by atoms with Crippen LogP contribution in [0.5, 0.6) is 11.5 Å². The van der Waals surface area contributed by atoms with Crippen LogP contribution in [-0.2, 0) is 16.4 Å². The van der Waals surface area contributed by atoms with Crippen molar-refractivity contribution in [1.82, 2.24) is 9.21 Å². The van der Waals surface area contributed by atoms with Crippen LogP contribution in [0, 0.1) is 5.92 Å². The summed E-state index contributed by atoms with van der Waals surface area (Å²) in [5.74, 6) is 2.52. The van der Waals surface area contributed by atoms with Gasteiger partial charge in [-0.3, -0.25) is 4.90 Å². The highest BCUT2D eigenvalue weighted by atomic mass is 35.5. The maximum Gasteiger partial charge on any atom is 0.214 e.